The third-order valence-electron chi connectivity index (χ3n) is 13.7. The predicted octanol–water partition coefficient (Wildman–Crippen LogP) is 12.0. The van der Waals surface area contributed by atoms with Crippen LogP contribution in [0.5, 0.6) is 0 Å². The Labute approximate surface area is 278 Å². The van der Waals surface area contributed by atoms with Gasteiger partial charge in [0.15, 0.2) is 0 Å². The second kappa shape index (κ2) is 12.6. The number of rotatable bonds is 8. The Morgan fingerprint density at radius 2 is 1.61 bits per heavy atom. The lowest BCUT2D eigenvalue weighted by atomic mass is 9.47. The fourth-order valence-electron chi connectivity index (χ4n) is 11.3. The maximum atomic E-state index is 13.2. The van der Waals surface area contributed by atoms with Crippen LogP contribution in [0.15, 0.2) is 72.3 Å². The number of fused-ring (bicyclic) bond motifs is 7. The molecule has 8 atom stereocenters. The topological polar surface area (TPSA) is 26.3 Å². The molecule has 3 saturated carbocycles. The van der Waals surface area contributed by atoms with E-state index in [1.807, 2.05) is 6.08 Å². The number of carbonyl (C=O) groups excluding carboxylic acids is 1. The van der Waals surface area contributed by atoms with Crippen LogP contribution >= 0.6 is 0 Å². The van der Waals surface area contributed by atoms with Gasteiger partial charge in [-0.3, -0.25) is 0 Å². The van der Waals surface area contributed by atoms with Crippen molar-refractivity contribution in [3.63, 3.8) is 0 Å². The van der Waals surface area contributed by atoms with Crippen molar-refractivity contribution in [1.82, 2.24) is 0 Å². The average molecular weight is 617 g/mol. The summed E-state index contributed by atoms with van der Waals surface area (Å²) in [4.78, 5) is 13.2. The summed E-state index contributed by atoms with van der Waals surface area (Å²) in [5.41, 5.74) is 3.47. The standard InChI is InChI=1S/C44H56O2/c1-29(2)11-10-12-30(3)39-20-21-40-38-18-17-33-28-34(23-25-43(33,4)41(38)24-26-44(39,40)5)46-42(45)22-19-37-35-15-8-6-13-31(35)27-32-14-7-9-16-36(32)37/h6-9,13-17,19,22,27,29-30,34,38-41H,10-12,18,20-21,23-26,28H2,1-5H3/b22-19+/t30-,34+,38-,39+,40-,41-,43+,44-/m1/s1. The zero-order valence-electron chi connectivity index (χ0n) is 29.1. The van der Waals surface area contributed by atoms with Gasteiger partial charge in [0.1, 0.15) is 6.10 Å². The number of ether oxygens (including phenoxy) is 1. The molecule has 0 radical (unpaired) electrons. The van der Waals surface area contributed by atoms with Gasteiger partial charge in [-0.05, 0) is 131 Å². The van der Waals surface area contributed by atoms with Gasteiger partial charge in [-0.25, -0.2) is 4.79 Å². The number of hydrogen-bond donors (Lipinski definition) is 0. The van der Waals surface area contributed by atoms with Crippen molar-refractivity contribution in [2.45, 2.75) is 111 Å². The fraction of sp³-hybridized carbons (Fsp3) is 0.568. The molecule has 46 heavy (non-hydrogen) atoms. The van der Waals surface area contributed by atoms with Gasteiger partial charge in [0.25, 0.3) is 0 Å². The minimum absolute atomic E-state index is 0.0197. The summed E-state index contributed by atoms with van der Waals surface area (Å²) in [6, 6.07) is 19.1. The van der Waals surface area contributed by atoms with Crippen LogP contribution in [0, 0.1) is 46.3 Å². The highest BCUT2D eigenvalue weighted by Gasteiger charge is 2.59. The molecule has 0 aromatic heterocycles. The van der Waals surface area contributed by atoms with Crippen LogP contribution in [0.2, 0.25) is 0 Å². The molecule has 3 aromatic carbocycles. The van der Waals surface area contributed by atoms with Gasteiger partial charge in [0, 0.05) is 12.5 Å². The highest BCUT2D eigenvalue weighted by molar-refractivity contribution is 6.08. The molecule has 244 valence electrons. The van der Waals surface area contributed by atoms with E-state index in [1.54, 1.807) is 11.6 Å². The van der Waals surface area contributed by atoms with Crippen LogP contribution in [-0.4, -0.2) is 12.1 Å². The van der Waals surface area contributed by atoms with Gasteiger partial charge in [0.2, 0.25) is 0 Å². The summed E-state index contributed by atoms with van der Waals surface area (Å²) in [7, 11) is 0. The minimum atomic E-state index is -0.215. The molecule has 7 rings (SSSR count). The number of allylic oxidation sites excluding steroid dienone is 1. The Kier molecular flexibility index (Phi) is 8.71. The molecule has 0 N–H and O–H groups in total. The molecular weight excluding hydrogens is 560 g/mol. The highest BCUT2D eigenvalue weighted by Crippen LogP contribution is 2.67. The van der Waals surface area contributed by atoms with Crippen molar-refractivity contribution in [1.29, 1.82) is 0 Å². The van der Waals surface area contributed by atoms with Crippen molar-refractivity contribution in [2.24, 2.45) is 46.3 Å². The van der Waals surface area contributed by atoms with E-state index in [0.29, 0.717) is 5.41 Å². The smallest absolute Gasteiger partial charge is 0.331 e. The van der Waals surface area contributed by atoms with Gasteiger partial charge >= 0.3 is 5.97 Å². The Bertz CT molecular complexity index is 1590. The zero-order chi connectivity index (χ0) is 32.1. The fourth-order valence-corrected chi connectivity index (χ4v) is 11.3. The van der Waals surface area contributed by atoms with Gasteiger partial charge in [0.05, 0.1) is 0 Å². The van der Waals surface area contributed by atoms with Gasteiger partial charge in [-0.15, -0.1) is 0 Å². The van der Waals surface area contributed by atoms with Gasteiger partial charge in [-0.2, -0.15) is 0 Å². The van der Waals surface area contributed by atoms with Crippen LogP contribution in [0.4, 0.5) is 0 Å². The predicted molar refractivity (Wildman–Crippen MR) is 193 cm³/mol. The first-order valence-corrected chi connectivity index (χ1v) is 18.7. The second-order valence-corrected chi connectivity index (χ2v) is 16.7. The number of benzene rings is 3. The number of esters is 1. The van der Waals surface area contributed by atoms with E-state index in [1.165, 1.54) is 72.9 Å². The first-order chi connectivity index (χ1) is 22.2. The highest BCUT2D eigenvalue weighted by atomic mass is 16.5. The first-order valence-electron chi connectivity index (χ1n) is 18.7. The van der Waals surface area contributed by atoms with Crippen LogP contribution in [0.1, 0.15) is 111 Å². The lowest BCUT2D eigenvalue weighted by Crippen LogP contribution is -2.51. The molecule has 0 unspecified atom stereocenters. The minimum Gasteiger partial charge on any atom is -0.459 e. The molecule has 3 fully saturated rings. The summed E-state index contributed by atoms with van der Waals surface area (Å²) in [6.45, 7) is 12.6. The molecule has 0 spiro atoms. The molecule has 0 saturated heterocycles. The van der Waals surface area contributed by atoms with E-state index in [-0.39, 0.29) is 17.5 Å². The van der Waals surface area contributed by atoms with Crippen molar-refractivity contribution in [3.05, 3.63) is 77.9 Å². The first kappa shape index (κ1) is 31.7. The van der Waals surface area contributed by atoms with E-state index in [0.717, 1.165) is 60.3 Å². The summed E-state index contributed by atoms with van der Waals surface area (Å²) in [5.74, 6) is 4.86. The Balaban J connectivity index is 1.02. The lowest BCUT2D eigenvalue weighted by molar-refractivity contribution is -0.145. The number of carbonyl (C=O) groups is 1. The maximum absolute atomic E-state index is 13.2. The zero-order valence-corrected chi connectivity index (χ0v) is 29.1. The monoisotopic (exact) mass is 616 g/mol. The van der Waals surface area contributed by atoms with Crippen molar-refractivity contribution in [2.75, 3.05) is 0 Å². The van der Waals surface area contributed by atoms with E-state index in [2.05, 4.69) is 95.3 Å². The second-order valence-electron chi connectivity index (χ2n) is 16.7. The largest absolute Gasteiger partial charge is 0.459 e. The quantitative estimate of drug-likeness (QED) is 0.109. The summed E-state index contributed by atoms with van der Waals surface area (Å²) < 4.78 is 6.17. The van der Waals surface area contributed by atoms with Crippen molar-refractivity contribution < 1.29 is 9.53 Å². The van der Waals surface area contributed by atoms with Crippen molar-refractivity contribution >= 4 is 33.6 Å². The molecule has 0 bridgehead atoms. The molecule has 0 heterocycles. The van der Waals surface area contributed by atoms with Crippen LogP contribution < -0.4 is 0 Å². The average Bonchev–Trinajstić information content (AvgIpc) is 3.40. The Morgan fingerprint density at radius 3 is 2.33 bits per heavy atom. The molecule has 4 aliphatic rings. The summed E-state index contributed by atoms with van der Waals surface area (Å²) in [6.07, 6.45) is 20.4. The SMILES string of the molecule is CC(C)CCC[C@@H](C)[C@@H]1CC[C@@H]2[C@H]3CC=C4C[C@@H](OC(=O)/C=C/c5c6ccccc6cc6ccccc56)CC[C@]4(C)[C@@H]3CC[C@@]21C. The third kappa shape index (κ3) is 5.67. The molecule has 4 aliphatic carbocycles. The summed E-state index contributed by atoms with van der Waals surface area (Å²) >= 11 is 0. The van der Waals surface area contributed by atoms with E-state index in [9.17, 15) is 4.79 Å². The van der Waals surface area contributed by atoms with Crippen LogP contribution in [0.25, 0.3) is 27.6 Å². The molecular formula is C44H56O2. The van der Waals surface area contributed by atoms with Crippen molar-refractivity contribution in [3.8, 4) is 0 Å². The van der Waals surface area contributed by atoms with Gasteiger partial charge in [-0.1, -0.05) is 114 Å². The Morgan fingerprint density at radius 1 is 0.891 bits per heavy atom. The lowest BCUT2D eigenvalue weighted by Gasteiger charge is -2.58. The molecule has 0 aliphatic heterocycles. The van der Waals surface area contributed by atoms with E-state index >= 15 is 0 Å². The van der Waals surface area contributed by atoms with Crippen LogP contribution in [-0.2, 0) is 9.53 Å². The van der Waals surface area contributed by atoms with Gasteiger partial charge < -0.3 is 4.74 Å². The van der Waals surface area contributed by atoms with Crippen LogP contribution in [0.3, 0.4) is 0 Å². The molecule has 2 nitrogen and oxygen atoms in total. The summed E-state index contributed by atoms with van der Waals surface area (Å²) in [5, 5.41) is 4.71. The number of hydrogen-bond acceptors (Lipinski definition) is 2. The molecule has 2 heteroatoms. The Hall–Kier alpha value is -2.87. The maximum Gasteiger partial charge on any atom is 0.331 e. The van der Waals surface area contributed by atoms with E-state index in [4.69, 9.17) is 4.74 Å². The third-order valence-corrected chi connectivity index (χ3v) is 13.7. The molecule has 3 aromatic rings. The normalized spacial score (nSPS) is 33.1. The molecule has 0 amide bonds. The van der Waals surface area contributed by atoms with E-state index < -0.39 is 0 Å².